The lowest BCUT2D eigenvalue weighted by Gasteiger charge is -2.37. The number of benzene rings is 1. The monoisotopic (exact) mass is 391 g/mol. The van der Waals surface area contributed by atoms with Crippen molar-refractivity contribution < 1.29 is 4.79 Å². The topological polar surface area (TPSA) is 61.4 Å². The molecule has 8 heteroatoms. The number of para-hydroxylation sites is 1. The van der Waals surface area contributed by atoms with E-state index in [1.165, 1.54) is 28.8 Å². The molecule has 1 aliphatic heterocycles. The van der Waals surface area contributed by atoms with Crippen LogP contribution in [0.5, 0.6) is 0 Å². The minimum absolute atomic E-state index is 0.148. The van der Waals surface area contributed by atoms with E-state index in [1.54, 1.807) is 0 Å². The molecule has 1 saturated heterocycles. The number of thioether (sulfide) groups is 1. The standard InChI is InChI=1S/C18H25N5OS2/c1-3-9-19-17-20-21-18(26-17)25-14(2)16(24)23-12-10-22(11-13-23)15-7-5-4-6-8-15/h4-8,14H,3,9-13H2,1-2H3,(H,19,20). The molecule has 0 saturated carbocycles. The van der Waals surface area contributed by atoms with Crippen LogP contribution in [0.1, 0.15) is 20.3 Å². The Hall–Kier alpha value is -1.80. The molecular weight excluding hydrogens is 366 g/mol. The Morgan fingerprint density at radius 3 is 2.65 bits per heavy atom. The lowest BCUT2D eigenvalue weighted by molar-refractivity contribution is -0.130. The van der Waals surface area contributed by atoms with Crippen molar-refractivity contribution in [3.63, 3.8) is 0 Å². The summed E-state index contributed by atoms with van der Waals surface area (Å²) in [6.07, 6.45) is 1.05. The van der Waals surface area contributed by atoms with E-state index in [-0.39, 0.29) is 11.2 Å². The average Bonchev–Trinajstić information content (AvgIpc) is 3.13. The molecule has 0 radical (unpaired) electrons. The highest BCUT2D eigenvalue weighted by atomic mass is 32.2. The summed E-state index contributed by atoms with van der Waals surface area (Å²) in [5.41, 5.74) is 1.22. The van der Waals surface area contributed by atoms with Gasteiger partial charge in [-0.25, -0.2) is 0 Å². The maximum Gasteiger partial charge on any atom is 0.235 e. The highest BCUT2D eigenvalue weighted by Gasteiger charge is 2.26. The van der Waals surface area contributed by atoms with E-state index in [4.69, 9.17) is 0 Å². The number of carbonyl (C=O) groups is 1. The van der Waals surface area contributed by atoms with E-state index >= 15 is 0 Å². The van der Waals surface area contributed by atoms with E-state index in [0.717, 1.165) is 48.6 Å². The summed E-state index contributed by atoms with van der Waals surface area (Å²) < 4.78 is 0.840. The number of carbonyl (C=O) groups excluding carboxylic acids is 1. The Kier molecular flexibility index (Phi) is 6.73. The van der Waals surface area contributed by atoms with Crippen LogP contribution >= 0.6 is 23.1 Å². The first-order valence-corrected chi connectivity index (χ1v) is 10.7. The first-order chi connectivity index (χ1) is 12.7. The first-order valence-electron chi connectivity index (χ1n) is 9.00. The number of amides is 1. The van der Waals surface area contributed by atoms with Gasteiger partial charge in [0.05, 0.1) is 5.25 Å². The fourth-order valence-corrected chi connectivity index (χ4v) is 4.85. The number of nitrogens with zero attached hydrogens (tertiary/aromatic N) is 4. The molecule has 1 aromatic heterocycles. The van der Waals surface area contributed by atoms with Crippen LogP contribution in [0.4, 0.5) is 10.8 Å². The normalized spacial score (nSPS) is 15.8. The van der Waals surface area contributed by atoms with Gasteiger partial charge in [0, 0.05) is 38.4 Å². The molecule has 0 aliphatic carbocycles. The molecule has 1 aromatic carbocycles. The van der Waals surface area contributed by atoms with Crippen LogP contribution in [0.25, 0.3) is 0 Å². The van der Waals surface area contributed by atoms with Crippen LogP contribution in [0.2, 0.25) is 0 Å². The number of piperazine rings is 1. The minimum Gasteiger partial charge on any atom is -0.368 e. The number of hydrogen-bond acceptors (Lipinski definition) is 7. The van der Waals surface area contributed by atoms with Gasteiger partial charge in [-0.3, -0.25) is 4.79 Å². The van der Waals surface area contributed by atoms with Crippen molar-refractivity contribution in [2.75, 3.05) is 42.9 Å². The molecule has 1 unspecified atom stereocenters. The van der Waals surface area contributed by atoms with E-state index in [9.17, 15) is 4.79 Å². The fraction of sp³-hybridized carbons (Fsp3) is 0.500. The zero-order chi connectivity index (χ0) is 18.4. The van der Waals surface area contributed by atoms with Crippen molar-refractivity contribution in [2.24, 2.45) is 0 Å². The van der Waals surface area contributed by atoms with Crippen molar-refractivity contribution in [1.82, 2.24) is 15.1 Å². The summed E-state index contributed by atoms with van der Waals surface area (Å²) in [5, 5.41) is 12.2. The van der Waals surface area contributed by atoms with E-state index in [2.05, 4.69) is 51.6 Å². The van der Waals surface area contributed by atoms with Gasteiger partial charge in [-0.2, -0.15) is 0 Å². The second-order valence-electron chi connectivity index (χ2n) is 6.21. The van der Waals surface area contributed by atoms with Gasteiger partial charge in [0.1, 0.15) is 0 Å². The maximum atomic E-state index is 12.8. The van der Waals surface area contributed by atoms with Gasteiger partial charge in [-0.1, -0.05) is 48.2 Å². The molecule has 2 aromatic rings. The smallest absolute Gasteiger partial charge is 0.235 e. The summed E-state index contributed by atoms with van der Waals surface area (Å²) in [6, 6.07) is 10.4. The minimum atomic E-state index is -0.148. The highest BCUT2D eigenvalue weighted by Crippen LogP contribution is 2.30. The van der Waals surface area contributed by atoms with Crippen LogP contribution in [0, 0.1) is 0 Å². The molecule has 0 spiro atoms. The third-order valence-corrected chi connectivity index (χ3v) is 6.32. The molecule has 2 heterocycles. The zero-order valence-electron chi connectivity index (χ0n) is 15.2. The summed E-state index contributed by atoms with van der Waals surface area (Å²) >= 11 is 3.01. The first kappa shape index (κ1) is 19.0. The molecule has 1 aliphatic rings. The van der Waals surface area contributed by atoms with Gasteiger partial charge in [-0.05, 0) is 25.5 Å². The molecule has 0 bridgehead atoms. The van der Waals surface area contributed by atoms with E-state index < -0.39 is 0 Å². The number of anilines is 2. The van der Waals surface area contributed by atoms with Crippen LogP contribution in [0.3, 0.4) is 0 Å². The molecule has 1 N–H and O–H groups in total. The number of nitrogens with one attached hydrogen (secondary N) is 1. The van der Waals surface area contributed by atoms with Crippen LogP contribution in [0.15, 0.2) is 34.7 Å². The summed E-state index contributed by atoms with van der Waals surface area (Å²) in [4.78, 5) is 17.0. The Morgan fingerprint density at radius 2 is 1.96 bits per heavy atom. The number of hydrogen-bond donors (Lipinski definition) is 1. The predicted molar refractivity (Wildman–Crippen MR) is 109 cm³/mol. The Labute approximate surface area is 163 Å². The van der Waals surface area contributed by atoms with Gasteiger partial charge < -0.3 is 15.1 Å². The van der Waals surface area contributed by atoms with Crippen molar-refractivity contribution in [1.29, 1.82) is 0 Å². The molecule has 1 fully saturated rings. The van der Waals surface area contributed by atoms with Gasteiger partial charge in [0.15, 0.2) is 4.34 Å². The largest absolute Gasteiger partial charge is 0.368 e. The molecule has 140 valence electrons. The zero-order valence-corrected chi connectivity index (χ0v) is 16.9. The number of aromatic nitrogens is 2. The Morgan fingerprint density at radius 1 is 1.23 bits per heavy atom. The van der Waals surface area contributed by atoms with Crippen molar-refractivity contribution in [3.8, 4) is 0 Å². The lowest BCUT2D eigenvalue weighted by atomic mass is 10.2. The van der Waals surface area contributed by atoms with Crippen LogP contribution in [-0.4, -0.2) is 59.0 Å². The van der Waals surface area contributed by atoms with Crippen molar-refractivity contribution >= 4 is 39.8 Å². The summed E-state index contributed by atoms with van der Waals surface area (Å²) in [6.45, 7) is 8.22. The SMILES string of the molecule is CCCNc1nnc(SC(C)C(=O)N2CCN(c3ccccc3)CC2)s1. The summed E-state index contributed by atoms with van der Waals surface area (Å²) in [5.74, 6) is 0.181. The highest BCUT2D eigenvalue weighted by molar-refractivity contribution is 8.02. The van der Waals surface area contributed by atoms with Gasteiger partial charge in [0.25, 0.3) is 0 Å². The van der Waals surface area contributed by atoms with Gasteiger partial charge in [-0.15, -0.1) is 10.2 Å². The third kappa shape index (κ3) is 4.88. The predicted octanol–water partition coefficient (Wildman–Crippen LogP) is 3.19. The molecule has 26 heavy (non-hydrogen) atoms. The summed E-state index contributed by atoms with van der Waals surface area (Å²) in [7, 11) is 0. The van der Waals surface area contributed by atoms with Crippen molar-refractivity contribution in [2.45, 2.75) is 29.9 Å². The van der Waals surface area contributed by atoms with E-state index in [1.807, 2.05) is 17.9 Å². The molecule has 3 rings (SSSR count). The Balaban J connectivity index is 1.49. The van der Waals surface area contributed by atoms with Crippen molar-refractivity contribution in [3.05, 3.63) is 30.3 Å². The van der Waals surface area contributed by atoms with Crippen LogP contribution < -0.4 is 10.2 Å². The van der Waals surface area contributed by atoms with Gasteiger partial charge in [0.2, 0.25) is 11.0 Å². The van der Waals surface area contributed by atoms with Crippen LogP contribution in [-0.2, 0) is 4.79 Å². The second kappa shape index (κ2) is 9.23. The van der Waals surface area contributed by atoms with E-state index in [0.29, 0.717) is 0 Å². The number of rotatable bonds is 7. The Bertz CT molecular complexity index is 701. The lowest BCUT2D eigenvalue weighted by Crippen LogP contribution is -2.50. The fourth-order valence-electron chi connectivity index (χ4n) is 2.84. The van der Waals surface area contributed by atoms with Gasteiger partial charge >= 0.3 is 0 Å². The molecule has 1 atom stereocenters. The molecule has 6 nitrogen and oxygen atoms in total. The third-order valence-electron chi connectivity index (χ3n) is 4.27. The quantitative estimate of drug-likeness (QED) is 0.732. The average molecular weight is 392 g/mol. The molecular formula is C18H25N5OS2. The molecule has 1 amide bonds. The maximum absolute atomic E-state index is 12.8. The second-order valence-corrected chi connectivity index (χ2v) is 8.77.